The molecule has 6 nitrogen and oxygen atoms in total. The predicted molar refractivity (Wildman–Crippen MR) is 111 cm³/mol. The quantitative estimate of drug-likeness (QED) is 0.750. The minimum Gasteiger partial charge on any atom is -0.497 e. The molecule has 0 spiro atoms. The number of oxazole rings is 1. The van der Waals surface area contributed by atoms with Crippen molar-refractivity contribution in [3.63, 3.8) is 0 Å². The molecule has 2 heterocycles. The molecule has 0 saturated heterocycles. The van der Waals surface area contributed by atoms with Crippen LogP contribution in [0.4, 0.5) is 0 Å². The Bertz CT molecular complexity index is 887. The van der Waals surface area contributed by atoms with Gasteiger partial charge in [0, 0.05) is 29.8 Å². The Kier molecular flexibility index (Phi) is 5.88. The van der Waals surface area contributed by atoms with Crippen LogP contribution in [0, 0.1) is 12.8 Å². The molecular weight excluding hydrogens is 366 g/mol. The number of H-pyrrole nitrogens is 1. The number of ether oxygens (including phenoxy) is 1. The highest BCUT2D eigenvalue weighted by atomic mass is 16.5. The van der Waals surface area contributed by atoms with Crippen molar-refractivity contribution in [2.45, 2.75) is 50.9 Å². The van der Waals surface area contributed by atoms with Crippen molar-refractivity contribution in [3.05, 3.63) is 65.4 Å². The third-order valence-corrected chi connectivity index (χ3v) is 6.07. The van der Waals surface area contributed by atoms with E-state index in [4.69, 9.17) is 9.15 Å². The molecule has 2 N–H and O–H groups in total. The second-order valence-corrected chi connectivity index (χ2v) is 8.10. The van der Waals surface area contributed by atoms with Crippen molar-refractivity contribution in [1.29, 1.82) is 0 Å². The molecule has 0 aromatic carbocycles. The van der Waals surface area contributed by atoms with Crippen molar-refractivity contribution in [2.24, 2.45) is 5.92 Å². The average Bonchev–Trinajstić information content (AvgIpc) is 3.42. The van der Waals surface area contributed by atoms with Gasteiger partial charge in [0.15, 0.2) is 5.89 Å². The molecular formula is C23H29N3O3. The van der Waals surface area contributed by atoms with Crippen LogP contribution in [0.25, 0.3) is 0 Å². The Morgan fingerprint density at radius 1 is 1.34 bits per heavy atom. The summed E-state index contributed by atoms with van der Waals surface area (Å²) in [6.07, 6.45) is 14.6. The lowest BCUT2D eigenvalue weighted by Crippen LogP contribution is -2.31. The molecule has 1 atom stereocenters. The van der Waals surface area contributed by atoms with Gasteiger partial charge in [-0.2, -0.15) is 0 Å². The van der Waals surface area contributed by atoms with Gasteiger partial charge in [0.05, 0.1) is 18.9 Å². The summed E-state index contributed by atoms with van der Waals surface area (Å²) in [6.45, 7) is 2.70. The lowest BCUT2D eigenvalue weighted by Gasteiger charge is -2.27. The third kappa shape index (κ3) is 4.47. The molecule has 0 aliphatic heterocycles. The van der Waals surface area contributed by atoms with E-state index in [-0.39, 0.29) is 11.8 Å². The Morgan fingerprint density at radius 2 is 2.17 bits per heavy atom. The monoisotopic (exact) mass is 395 g/mol. The maximum atomic E-state index is 12.9. The van der Waals surface area contributed by atoms with E-state index < -0.39 is 0 Å². The van der Waals surface area contributed by atoms with E-state index in [2.05, 4.69) is 27.4 Å². The second-order valence-electron chi connectivity index (χ2n) is 8.10. The van der Waals surface area contributed by atoms with Gasteiger partial charge in [0.2, 0.25) is 0 Å². The maximum Gasteiger partial charge on any atom is 0.253 e. The molecule has 2 aliphatic rings. The number of amides is 1. The number of hydrogen-bond donors (Lipinski definition) is 2. The Morgan fingerprint density at radius 3 is 2.90 bits per heavy atom. The largest absolute Gasteiger partial charge is 0.497 e. The van der Waals surface area contributed by atoms with Crippen LogP contribution in [-0.2, 0) is 4.74 Å². The zero-order valence-electron chi connectivity index (χ0n) is 17.1. The van der Waals surface area contributed by atoms with E-state index in [9.17, 15) is 4.79 Å². The van der Waals surface area contributed by atoms with Crippen LogP contribution in [0.3, 0.4) is 0 Å². The van der Waals surface area contributed by atoms with Gasteiger partial charge in [-0.05, 0) is 63.2 Å². The van der Waals surface area contributed by atoms with Crippen molar-refractivity contribution < 1.29 is 13.9 Å². The van der Waals surface area contributed by atoms with Crippen molar-refractivity contribution in [1.82, 2.24) is 15.3 Å². The average molecular weight is 396 g/mol. The van der Waals surface area contributed by atoms with E-state index in [0.717, 1.165) is 60.7 Å². The Balaban J connectivity index is 1.35. The molecule has 1 fully saturated rings. The van der Waals surface area contributed by atoms with Crippen LogP contribution in [0.15, 0.2) is 46.9 Å². The minimum absolute atomic E-state index is 0.00101. The topological polar surface area (TPSA) is 80.2 Å². The molecule has 2 aromatic rings. The number of carbonyl (C=O) groups excluding carboxylic acids is 1. The molecule has 2 aromatic heterocycles. The van der Waals surface area contributed by atoms with E-state index in [0.29, 0.717) is 18.4 Å². The molecule has 29 heavy (non-hydrogen) atoms. The van der Waals surface area contributed by atoms with Crippen molar-refractivity contribution in [2.75, 3.05) is 13.7 Å². The van der Waals surface area contributed by atoms with Gasteiger partial charge >= 0.3 is 0 Å². The number of aromatic amines is 1. The number of aromatic nitrogens is 2. The minimum atomic E-state index is 0.00101. The second kappa shape index (κ2) is 8.72. The summed E-state index contributed by atoms with van der Waals surface area (Å²) in [5, 5.41) is 3.17. The number of nitrogens with one attached hydrogen (secondary N) is 2. The van der Waals surface area contributed by atoms with E-state index >= 15 is 0 Å². The zero-order valence-corrected chi connectivity index (χ0v) is 17.1. The Labute approximate surface area is 171 Å². The normalized spacial score (nSPS) is 24.2. The molecule has 1 saturated carbocycles. The van der Waals surface area contributed by atoms with Crippen LogP contribution in [-0.4, -0.2) is 29.5 Å². The SMILES string of the molecule is COC1=CC(c2[nH]c(C)cc2C(=O)NCC2CCC(c3ncco3)CC2)CC=C1. The molecule has 2 aliphatic carbocycles. The molecule has 4 rings (SSSR count). The number of carbonyl (C=O) groups is 1. The van der Waals surface area contributed by atoms with Crippen LogP contribution in [0.5, 0.6) is 0 Å². The van der Waals surface area contributed by atoms with Gasteiger partial charge in [0.1, 0.15) is 12.0 Å². The number of hydrogen-bond acceptors (Lipinski definition) is 4. The lowest BCUT2D eigenvalue weighted by molar-refractivity contribution is 0.0941. The predicted octanol–water partition coefficient (Wildman–Crippen LogP) is 4.59. The Hall–Kier alpha value is -2.76. The van der Waals surface area contributed by atoms with Gasteiger partial charge < -0.3 is 19.5 Å². The van der Waals surface area contributed by atoms with Gasteiger partial charge in [0.25, 0.3) is 5.91 Å². The molecule has 6 heteroatoms. The molecule has 1 unspecified atom stereocenters. The van der Waals surface area contributed by atoms with E-state index in [1.54, 1.807) is 19.6 Å². The molecule has 0 radical (unpaired) electrons. The van der Waals surface area contributed by atoms with Gasteiger partial charge in [-0.3, -0.25) is 4.79 Å². The summed E-state index contributed by atoms with van der Waals surface area (Å²) in [4.78, 5) is 20.6. The number of rotatable bonds is 6. The first kappa shape index (κ1) is 19.6. The van der Waals surface area contributed by atoms with Crippen molar-refractivity contribution >= 4 is 5.91 Å². The first-order valence-electron chi connectivity index (χ1n) is 10.4. The summed E-state index contributed by atoms with van der Waals surface area (Å²) in [5.74, 6) is 2.73. The summed E-state index contributed by atoms with van der Waals surface area (Å²) in [5.41, 5.74) is 2.70. The molecule has 1 amide bonds. The summed E-state index contributed by atoms with van der Waals surface area (Å²) < 4.78 is 10.8. The highest BCUT2D eigenvalue weighted by Gasteiger charge is 2.26. The van der Waals surface area contributed by atoms with Gasteiger partial charge in [-0.1, -0.05) is 6.08 Å². The third-order valence-electron chi connectivity index (χ3n) is 6.07. The number of methoxy groups -OCH3 is 1. The number of allylic oxidation sites excluding steroid dienone is 3. The van der Waals surface area contributed by atoms with E-state index in [1.165, 1.54) is 0 Å². The first-order chi connectivity index (χ1) is 14.1. The molecule has 154 valence electrons. The zero-order chi connectivity index (χ0) is 20.2. The van der Waals surface area contributed by atoms with Gasteiger partial charge in [-0.25, -0.2) is 4.98 Å². The summed E-state index contributed by atoms with van der Waals surface area (Å²) in [7, 11) is 1.67. The lowest BCUT2D eigenvalue weighted by atomic mass is 9.82. The fraction of sp³-hybridized carbons (Fsp3) is 0.478. The standard InChI is InChI=1S/C23H29N3O3/c1-15-12-20(21(26-15)18-4-3-5-19(13-18)28-2)22(27)25-14-16-6-8-17(9-7-16)23-24-10-11-29-23/h3,5,10-13,16-18,26H,4,6-9,14H2,1-2H3,(H,25,27). The van der Waals surface area contributed by atoms with Crippen LogP contribution in [0.2, 0.25) is 0 Å². The highest BCUT2D eigenvalue weighted by molar-refractivity contribution is 5.96. The summed E-state index contributed by atoms with van der Waals surface area (Å²) >= 11 is 0. The number of aryl methyl sites for hydroxylation is 1. The fourth-order valence-corrected chi connectivity index (χ4v) is 4.46. The van der Waals surface area contributed by atoms with Crippen molar-refractivity contribution in [3.8, 4) is 0 Å². The highest BCUT2D eigenvalue weighted by Crippen LogP contribution is 2.35. The fourth-order valence-electron chi connectivity index (χ4n) is 4.46. The van der Waals surface area contributed by atoms with Crippen LogP contribution >= 0.6 is 0 Å². The summed E-state index contributed by atoms with van der Waals surface area (Å²) in [6, 6.07) is 1.95. The van der Waals surface area contributed by atoms with E-state index in [1.807, 2.05) is 19.1 Å². The van der Waals surface area contributed by atoms with Crippen LogP contribution < -0.4 is 5.32 Å². The maximum absolute atomic E-state index is 12.9. The molecule has 0 bridgehead atoms. The number of nitrogens with zero attached hydrogens (tertiary/aromatic N) is 1. The smallest absolute Gasteiger partial charge is 0.253 e. The van der Waals surface area contributed by atoms with Gasteiger partial charge in [-0.15, -0.1) is 0 Å². The van der Waals surface area contributed by atoms with Crippen LogP contribution in [0.1, 0.15) is 71.6 Å². The first-order valence-corrected chi connectivity index (χ1v) is 10.4.